The largest absolute Gasteiger partial charge is 0.349 e. The number of rotatable bonds is 6. The Morgan fingerprint density at radius 1 is 1.23 bits per heavy atom. The Kier molecular flexibility index (Phi) is 5.96. The normalized spacial score (nSPS) is 19.2. The topological polar surface area (TPSA) is 84.3 Å². The van der Waals surface area contributed by atoms with Gasteiger partial charge in [0.15, 0.2) is 0 Å². The molecule has 2 aromatic rings. The number of sulfonamides is 1. The van der Waals surface area contributed by atoms with Crippen LogP contribution in [-0.2, 0) is 34.8 Å². The van der Waals surface area contributed by atoms with Gasteiger partial charge in [0.05, 0.1) is 16.6 Å². The zero-order valence-corrected chi connectivity index (χ0v) is 19.6. The molecule has 1 aromatic heterocycles. The summed E-state index contributed by atoms with van der Waals surface area (Å²) in [5.74, 6) is 0.219. The summed E-state index contributed by atoms with van der Waals surface area (Å²) in [6.07, 6.45) is 5.82. The molecule has 1 saturated carbocycles. The van der Waals surface area contributed by atoms with Gasteiger partial charge in [0, 0.05) is 37.8 Å². The molecule has 31 heavy (non-hydrogen) atoms. The van der Waals surface area contributed by atoms with Crippen LogP contribution in [0.3, 0.4) is 0 Å². The summed E-state index contributed by atoms with van der Waals surface area (Å²) in [5, 5.41) is 7.57. The molecule has 1 fully saturated rings. The first-order chi connectivity index (χ1) is 14.7. The second kappa shape index (κ2) is 8.39. The number of nitrogens with one attached hydrogen (secondary N) is 1. The number of carbonyl (C=O) groups is 1. The van der Waals surface area contributed by atoms with Gasteiger partial charge in [0.2, 0.25) is 15.9 Å². The van der Waals surface area contributed by atoms with Crippen LogP contribution in [0.1, 0.15) is 66.2 Å². The average molecular weight is 445 g/mol. The third kappa shape index (κ3) is 4.15. The standard InChI is InChI=1S/C23H32N4O3S/c1-15-21(16(2)27(4)25-15)14-26(3)31(29,30)19-11-9-17-10-12-22(20(17)13-19)24-23(28)18-7-5-6-8-18/h9,11,13,18,22H,5-8,10,12,14H2,1-4H3,(H,24,28)/t22-/m1/s1. The van der Waals surface area contributed by atoms with E-state index in [2.05, 4.69) is 10.4 Å². The van der Waals surface area contributed by atoms with E-state index < -0.39 is 10.0 Å². The van der Waals surface area contributed by atoms with Crippen molar-refractivity contribution in [3.63, 3.8) is 0 Å². The van der Waals surface area contributed by atoms with Gasteiger partial charge in [-0.1, -0.05) is 18.9 Å². The van der Waals surface area contributed by atoms with Gasteiger partial charge in [-0.3, -0.25) is 9.48 Å². The maximum atomic E-state index is 13.3. The molecule has 1 N–H and O–H groups in total. The SMILES string of the molecule is Cc1nn(C)c(C)c1CN(C)S(=O)(=O)c1ccc2c(c1)[C@H](NC(=O)C1CCCC1)CC2. The van der Waals surface area contributed by atoms with Gasteiger partial charge in [-0.2, -0.15) is 9.40 Å². The zero-order valence-electron chi connectivity index (χ0n) is 18.8. The lowest BCUT2D eigenvalue weighted by Crippen LogP contribution is -2.32. The van der Waals surface area contributed by atoms with Crippen LogP contribution >= 0.6 is 0 Å². The summed E-state index contributed by atoms with van der Waals surface area (Å²) >= 11 is 0. The predicted molar refractivity (Wildman–Crippen MR) is 119 cm³/mol. The molecular weight excluding hydrogens is 412 g/mol. The van der Waals surface area contributed by atoms with Crippen LogP contribution in [0.2, 0.25) is 0 Å². The van der Waals surface area contributed by atoms with Gasteiger partial charge in [0.25, 0.3) is 0 Å². The molecule has 2 aliphatic rings. The number of carbonyl (C=O) groups excluding carboxylic acids is 1. The van der Waals surface area contributed by atoms with Crippen molar-refractivity contribution in [3.05, 3.63) is 46.3 Å². The van der Waals surface area contributed by atoms with Crippen molar-refractivity contribution < 1.29 is 13.2 Å². The van der Waals surface area contributed by atoms with E-state index in [1.54, 1.807) is 23.9 Å². The van der Waals surface area contributed by atoms with E-state index >= 15 is 0 Å². The molecule has 1 atom stereocenters. The van der Waals surface area contributed by atoms with E-state index in [9.17, 15) is 13.2 Å². The highest BCUT2D eigenvalue weighted by Gasteiger charge is 2.31. The lowest BCUT2D eigenvalue weighted by Gasteiger charge is -2.20. The van der Waals surface area contributed by atoms with Crippen LogP contribution in [0.5, 0.6) is 0 Å². The number of nitrogens with zero attached hydrogens (tertiary/aromatic N) is 3. The number of benzene rings is 1. The quantitative estimate of drug-likeness (QED) is 0.742. The van der Waals surface area contributed by atoms with Crippen molar-refractivity contribution in [2.45, 2.75) is 69.9 Å². The van der Waals surface area contributed by atoms with Crippen LogP contribution in [0.4, 0.5) is 0 Å². The van der Waals surface area contributed by atoms with Crippen LogP contribution in [0.25, 0.3) is 0 Å². The summed E-state index contributed by atoms with van der Waals surface area (Å²) in [5.41, 5.74) is 4.79. The van der Waals surface area contributed by atoms with Crippen LogP contribution in [0.15, 0.2) is 23.1 Å². The molecular formula is C23H32N4O3S. The van der Waals surface area contributed by atoms with Crippen LogP contribution in [0, 0.1) is 19.8 Å². The van der Waals surface area contributed by atoms with Crippen LogP contribution < -0.4 is 5.32 Å². The first kappa shape index (κ1) is 22.0. The maximum Gasteiger partial charge on any atom is 0.243 e. The Hall–Kier alpha value is -2.19. The Morgan fingerprint density at radius 3 is 2.58 bits per heavy atom. The minimum Gasteiger partial charge on any atom is -0.349 e. The van der Waals surface area contributed by atoms with Crippen molar-refractivity contribution in [3.8, 4) is 0 Å². The lowest BCUT2D eigenvalue weighted by atomic mass is 10.0. The van der Waals surface area contributed by atoms with Gasteiger partial charge >= 0.3 is 0 Å². The second-order valence-corrected chi connectivity index (χ2v) is 11.0. The molecule has 7 nitrogen and oxygen atoms in total. The summed E-state index contributed by atoms with van der Waals surface area (Å²) < 4.78 is 29.8. The fourth-order valence-corrected chi connectivity index (χ4v) is 6.08. The van der Waals surface area contributed by atoms with Gasteiger partial charge in [-0.05, 0) is 62.8 Å². The van der Waals surface area contributed by atoms with Crippen molar-refractivity contribution in [1.82, 2.24) is 19.4 Å². The van der Waals surface area contributed by atoms with E-state index in [0.29, 0.717) is 0 Å². The number of hydrogen-bond acceptors (Lipinski definition) is 4. The highest BCUT2D eigenvalue weighted by molar-refractivity contribution is 7.89. The fourth-order valence-electron chi connectivity index (χ4n) is 4.90. The van der Waals surface area contributed by atoms with Crippen molar-refractivity contribution >= 4 is 15.9 Å². The molecule has 0 saturated heterocycles. The molecule has 8 heteroatoms. The number of fused-ring (bicyclic) bond motifs is 1. The summed E-state index contributed by atoms with van der Waals surface area (Å²) in [4.78, 5) is 12.9. The average Bonchev–Trinajstić information content (AvgIpc) is 3.45. The summed E-state index contributed by atoms with van der Waals surface area (Å²) in [6, 6.07) is 5.25. The van der Waals surface area contributed by atoms with Gasteiger partial charge in [-0.15, -0.1) is 0 Å². The fraction of sp³-hybridized carbons (Fsp3) is 0.565. The highest BCUT2D eigenvalue weighted by Crippen LogP contribution is 2.35. The molecule has 0 radical (unpaired) electrons. The van der Waals surface area contributed by atoms with Gasteiger partial charge in [-0.25, -0.2) is 8.42 Å². The van der Waals surface area contributed by atoms with E-state index in [1.807, 2.05) is 27.0 Å². The van der Waals surface area contributed by atoms with E-state index in [1.165, 1.54) is 4.31 Å². The molecule has 2 aliphatic carbocycles. The molecule has 1 amide bonds. The van der Waals surface area contributed by atoms with Gasteiger partial charge < -0.3 is 5.32 Å². The molecule has 1 aromatic carbocycles. The number of hydrogen-bond donors (Lipinski definition) is 1. The third-order valence-electron chi connectivity index (χ3n) is 6.99. The molecule has 0 aliphatic heterocycles. The van der Waals surface area contributed by atoms with Crippen molar-refractivity contribution in [1.29, 1.82) is 0 Å². The minimum absolute atomic E-state index is 0.105. The molecule has 4 rings (SSSR count). The lowest BCUT2D eigenvalue weighted by molar-refractivity contribution is -0.125. The Bertz CT molecular complexity index is 1100. The third-order valence-corrected chi connectivity index (χ3v) is 8.78. The summed E-state index contributed by atoms with van der Waals surface area (Å²) in [7, 11) is -0.200. The Labute approximate surface area is 184 Å². The van der Waals surface area contributed by atoms with Crippen LogP contribution in [-0.4, -0.2) is 35.5 Å². The number of aromatic nitrogens is 2. The maximum absolute atomic E-state index is 13.3. The zero-order chi connectivity index (χ0) is 22.3. The Balaban J connectivity index is 1.55. The van der Waals surface area contributed by atoms with Gasteiger partial charge in [0.1, 0.15) is 0 Å². The highest BCUT2D eigenvalue weighted by atomic mass is 32.2. The first-order valence-corrected chi connectivity index (χ1v) is 12.5. The molecule has 0 bridgehead atoms. The van der Waals surface area contributed by atoms with Crippen molar-refractivity contribution in [2.24, 2.45) is 13.0 Å². The summed E-state index contributed by atoms with van der Waals surface area (Å²) in [6.45, 7) is 4.12. The second-order valence-electron chi connectivity index (χ2n) is 8.98. The number of amides is 1. The van der Waals surface area contributed by atoms with E-state index in [-0.39, 0.29) is 29.3 Å². The first-order valence-electron chi connectivity index (χ1n) is 11.1. The van der Waals surface area contributed by atoms with E-state index in [0.717, 1.165) is 66.6 Å². The molecule has 0 spiro atoms. The Morgan fingerprint density at radius 2 is 1.94 bits per heavy atom. The molecule has 168 valence electrons. The molecule has 1 heterocycles. The molecule has 0 unspecified atom stereocenters. The predicted octanol–water partition coefficient (Wildman–Crippen LogP) is 3.15. The van der Waals surface area contributed by atoms with Crippen molar-refractivity contribution in [2.75, 3.05) is 7.05 Å². The minimum atomic E-state index is -3.67. The monoisotopic (exact) mass is 444 g/mol. The van der Waals surface area contributed by atoms with E-state index in [4.69, 9.17) is 0 Å². The smallest absolute Gasteiger partial charge is 0.243 e. The number of aryl methyl sites for hydroxylation is 3.